The smallest absolute Gasteiger partial charge is 0.0750 e. The molecule has 0 saturated heterocycles. The molecule has 110 valence electrons. The lowest BCUT2D eigenvalue weighted by molar-refractivity contribution is 0.391. The van der Waals surface area contributed by atoms with Crippen molar-refractivity contribution >= 4 is 5.69 Å². The fourth-order valence-corrected chi connectivity index (χ4v) is 3.42. The lowest BCUT2D eigenvalue weighted by Gasteiger charge is -2.42. The van der Waals surface area contributed by atoms with Gasteiger partial charge in [0.2, 0.25) is 0 Å². The van der Waals surface area contributed by atoms with Gasteiger partial charge in [0.25, 0.3) is 0 Å². The molecule has 2 nitrogen and oxygen atoms in total. The third-order valence-electron chi connectivity index (χ3n) is 4.80. The third kappa shape index (κ3) is 2.56. The van der Waals surface area contributed by atoms with Crippen LogP contribution in [0, 0.1) is 6.92 Å². The molecule has 0 heterocycles. The quantitative estimate of drug-likeness (QED) is 0.886. The SMILES string of the molecule is Cc1ccc(NC2(CN)CCC(C)c3ccccc32)cc1. The normalized spacial score (nSPS) is 24.4. The molecule has 0 aromatic heterocycles. The molecule has 2 aromatic carbocycles. The van der Waals surface area contributed by atoms with E-state index >= 15 is 0 Å². The lowest BCUT2D eigenvalue weighted by atomic mass is 9.72. The second-order valence-corrected chi connectivity index (χ2v) is 6.30. The van der Waals surface area contributed by atoms with Crippen molar-refractivity contribution in [2.24, 2.45) is 5.73 Å². The van der Waals surface area contributed by atoms with Crippen molar-refractivity contribution in [3.63, 3.8) is 0 Å². The summed E-state index contributed by atoms with van der Waals surface area (Å²) in [6.45, 7) is 5.04. The molecule has 1 aliphatic carbocycles. The zero-order valence-electron chi connectivity index (χ0n) is 12.9. The van der Waals surface area contributed by atoms with E-state index in [2.05, 4.69) is 67.7 Å². The van der Waals surface area contributed by atoms with Gasteiger partial charge < -0.3 is 11.1 Å². The number of benzene rings is 2. The van der Waals surface area contributed by atoms with E-state index in [1.54, 1.807) is 0 Å². The predicted octanol–water partition coefficient (Wildman–Crippen LogP) is 4.16. The molecular weight excluding hydrogens is 256 g/mol. The monoisotopic (exact) mass is 280 g/mol. The summed E-state index contributed by atoms with van der Waals surface area (Å²) in [6, 6.07) is 17.3. The number of nitrogens with two attached hydrogens (primary N) is 1. The van der Waals surface area contributed by atoms with Crippen LogP contribution in [0.3, 0.4) is 0 Å². The van der Waals surface area contributed by atoms with Crippen LogP contribution >= 0.6 is 0 Å². The third-order valence-corrected chi connectivity index (χ3v) is 4.80. The standard InChI is InChI=1S/C19H24N2/c1-14-7-9-16(10-8-14)21-19(13-20)12-11-15(2)17-5-3-4-6-18(17)19/h3-10,15,21H,11-13,20H2,1-2H3. The van der Waals surface area contributed by atoms with E-state index in [0.717, 1.165) is 12.1 Å². The highest BCUT2D eigenvalue weighted by molar-refractivity contribution is 5.52. The number of aryl methyl sites for hydroxylation is 1. The number of hydrogen-bond donors (Lipinski definition) is 2. The van der Waals surface area contributed by atoms with Gasteiger partial charge >= 0.3 is 0 Å². The van der Waals surface area contributed by atoms with Gasteiger partial charge in [0.1, 0.15) is 0 Å². The zero-order chi connectivity index (χ0) is 14.9. The molecule has 2 heteroatoms. The Kier molecular flexibility index (Phi) is 3.73. The van der Waals surface area contributed by atoms with Crippen LogP contribution in [-0.4, -0.2) is 6.54 Å². The number of fused-ring (bicyclic) bond motifs is 1. The first-order valence-electron chi connectivity index (χ1n) is 7.79. The maximum Gasteiger partial charge on any atom is 0.0750 e. The highest BCUT2D eigenvalue weighted by atomic mass is 15.0. The first-order chi connectivity index (χ1) is 10.1. The van der Waals surface area contributed by atoms with E-state index in [9.17, 15) is 0 Å². The molecular formula is C19H24N2. The van der Waals surface area contributed by atoms with Crippen LogP contribution in [0.2, 0.25) is 0 Å². The summed E-state index contributed by atoms with van der Waals surface area (Å²) in [5, 5.41) is 3.72. The van der Waals surface area contributed by atoms with Crippen LogP contribution < -0.4 is 11.1 Å². The summed E-state index contributed by atoms with van der Waals surface area (Å²) in [5.41, 5.74) is 11.3. The average Bonchev–Trinajstić information content (AvgIpc) is 2.53. The molecule has 0 spiro atoms. The van der Waals surface area contributed by atoms with Gasteiger partial charge in [-0.2, -0.15) is 0 Å². The Morgan fingerprint density at radius 3 is 2.57 bits per heavy atom. The van der Waals surface area contributed by atoms with Crippen molar-refractivity contribution in [2.45, 2.75) is 38.1 Å². The summed E-state index contributed by atoms with van der Waals surface area (Å²) in [5.74, 6) is 0.612. The fraction of sp³-hybridized carbons (Fsp3) is 0.368. The maximum absolute atomic E-state index is 6.21. The Morgan fingerprint density at radius 2 is 1.86 bits per heavy atom. The zero-order valence-corrected chi connectivity index (χ0v) is 12.9. The summed E-state index contributed by atoms with van der Waals surface area (Å²) < 4.78 is 0. The Hall–Kier alpha value is -1.80. The molecule has 2 atom stereocenters. The van der Waals surface area contributed by atoms with E-state index in [1.807, 2.05) is 0 Å². The summed E-state index contributed by atoms with van der Waals surface area (Å²) in [7, 11) is 0. The van der Waals surface area contributed by atoms with Crippen LogP contribution in [0.5, 0.6) is 0 Å². The van der Waals surface area contributed by atoms with Crippen LogP contribution in [0.25, 0.3) is 0 Å². The second-order valence-electron chi connectivity index (χ2n) is 6.30. The van der Waals surface area contributed by atoms with Gasteiger partial charge in [-0.25, -0.2) is 0 Å². The highest BCUT2D eigenvalue weighted by Crippen LogP contribution is 2.42. The minimum absolute atomic E-state index is 0.141. The highest BCUT2D eigenvalue weighted by Gasteiger charge is 2.37. The Balaban J connectivity index is 2.01. The number of rotatable bonds is 3. The van der Waals surface area contributed by atoms with E-state index < -0.39 is 0 Å². The minimum Gasteiger partial charge on any atom is -0.374 e. The molecule has 3 rings (SSSR count). The Labute approximate surface area is 127 Å². The first kappa shape index (κ1) is 14.2. The molecule has 3 N–H and O–H groups in total. The maximum atomic E-state index is 6.21. The summed E-state index contributed by atoms with van der Waals surface area (Å²) in [6.07, 6.45) is 2.25. The van der Waals surface area contributed by atoms with E-state index in [1.165, 1.54) is 23.1 Å². The van der Waals surface area contributed by atoms with Gasteiger partial charge in [0.15, 0.2) is 0 Å². The predicted molar refractivity (Wildman–Crippen MR) is 89.6 cm³/mol. The second kappa shape index (κ2) is 5.53. The summed E-state index contributed by atoms with van der Waals surface area (Å²) in [4.78, 5) is 0. The van der Waals surface area contributed by atoms with Gasteiger partial charge in [0, 0.05) is 12.2 Å². The first-order valence-corrected chi connectivity index (χ1v) is 7.79. The Bertz CT molecular complexity index is 618. The summed E-state index contributed by atoms with van der Waals surface area (Å²) >= 11 is 0. The van der Waals surface area contributed by atoms with Crippen molar-refractivity contribution in [1.82, 2.24) is 0 Å². The van der Waals surface area contributed by atoms with E-state index in [0.29, 0.717) is 12.5 Å². The van der Waals surface area contributed by atoms with Crippen molar-refractivity contribution in [3.05, 3.63) is 65.2 Å². The molecule has 0 aliphatic heterocycles. The molecule has 0 bridgehead atoms. The van der Waals surface area contributed by atoms with Gasteiger partial charge in [0.05, 0.1) is 5.54 Å². The van der Waals surface area contributed by atoms with Gasteiger partial charge in [-0.15, -0.1) is 0 Å². The largest absolute Gasteiger partial charge is 0.374 e. The molecule has 2 aromatic rings. The van der Waals surface area contributed by atoms with Crippen molar-refractivity contribution < 1.29 is 0 Å². The van der Waals surface area contributed by atoms with Crippen molar-refractivity contribution in [3.8, 4) is 0 Å². The molecule has 1 aliphatic rings. The van der Waals surface area contributed by atoms with Crippen molar-refractivity contribution in [2.75, 3.05) is 11.9 Å². The van der Waals surface area contributed by atoms with Crippen LogP contribution in [0.15, 0.2) is 48.5 Å². The van der Waals surface area contributed by atoms with Crippen LogP contribution in [0.4, 0.5) is 5.69 Å². The van der Waals surface area contributed by atoms with E-state index in [4.69, 9.17) is 5.73 Å². The van der Waals surface area contributed by atoms with Crippen LogP contribution in [0.1, 0.15) is 42.4 Å². The van der Waals surface area contributed by atoms with Crippen molar-refractivity contribution in [1.29, 1.82) is 0 Å². The Morgan fingerprint density at radius 1 is 1.14 bits per heavy atom. The number of anilines is 1. The fourth-order valence-electron chi connectivity index (χ4n) is 3.42. The average molecular weight is 280 g/mol. The molecule has 0 amide bonds. The number of hydrogen-bond acceptors (Lipinski definition) is 2. The van der Waals surface area contributed by atoms with E-state index in [-0.39, 0.29) is 5.54 Å². The molecule has 0 saturated carbocycles. The lowest BCUT2D eigenvalue weighted by Crippen LogP contribution is -2.45. The van der Waals surface area contributed by atoms with Crippen LogP contribution in [-0.2, 0) is 5.54 Å². The van der Waals surface area contributed by atoms with Gasteiger partial charge in [-0.3, -0.25) is 0 Å². The van der Waals surface area contributed by atoms with Gasteiger partial charge in [-0.1, -0.05) is 48.9 Å². The van der Waals surface area contributed by atoms with Gasteiger partial charge in [-0.05, 0) is 48.9 Å². The minimum atomic E-state index is -0.141. The number of nitrogens with one attached hydrogen (secondary N) is 1. The molecule has 2 unspecified atom stereocenters. The molecule has 0 radical (unpaired) electrons. The topological polar surface area (TPSA) is 38.0 Å². The molecule has 0 fully saturated rings. The molecule has 21 heavy (non-hydrogen) atoms.